The van der Waals surface area contributed by atoms with Crippen LogP contribution in [0.4, 0.5) is 23.7 Å². The minimum Gasteiger partial charge on any atom is -0.487 e. The fourth-order valence-electron chi connectivity index (χ4n) is 2.66. The van der Waals surface area contributed by atoms with Crippen molar-refractivity contribution in [1.29, 1.82) is 0 Å². The van der Waals surface area contributed by atoms with Gasteiger partial charge in [0, 0.05) is 43.6 Å². The van der Waals surface area contributed by atoms with Crippen LogP contribution in [-0.4, -0.2) is 48.5 Å². The van der Waals surface area contributed by atoms with Crippen LogP contribution in [0.5, 0.6) is 11.5 Å². The van der Waals surface area contributed by atoms with Crippen molar-refractivity contribution in [3.63, 3.8) is 0 Å². The molecule has 3 rings (SSSR count). The summed E-state index contributed by atoms with van der Waals surface area (Å²) in [4.78, 5) is 18.0. The molecule has 2 N–H and O–H groups in total. The Kier molecular flexibility index (Phi) is 9.97. The highest BCUT2D eigenvalue weighted by molar-refractivity contribution is 5.90. The molecule has 0 aliphatic carbocycles. The second-order valence-corrected chi connectivity index (χ2v) is 6.01. The third-order valence-electron chi connectivity index (χ3n) is 3.98. The molecule has 12 heteroatoms. The number of piperazine rings is 1. The SMILES string of the molecule is Cl.Cl.O=C(Nc1ccc(OC(F)(F)F)cc1COc1cccnc1)N1CCNCC1. The van der Waals surface area contributed by atoms with Gasteiger partial charge >= 0.3 is 12.4 Å². The molecule has 2 aromatic rings. The minimum absolute atomic E-state index is 0. The number of ether oxygens (including phenoxy) is 2. The van der Waals surface area contributed by atoms with Crippen LogP contribution in [0.15, 0.2) is 42.7 Å². The van der Waals surface area contributed by atoms with Gasteiger partial charge in [0.05, 0.1) is 6.20 Å². The second-order valence-electron chi connectivity index (χ2n) is 6.01. The number of hydrogen-bond donors (Lipinski definition) is 2. The topological polar surface area (TPSA) is 75.7 Å². The van der Waals surface area contributed by atoms with Crippen molar-refractivity contribution in [3.05, 3.63) is 48.3 Å². The van der Waals surface area contributed by atoms with Crippen molar-refractivity contribution >= 4 is 36.5 Å². The van der Waals surface area contributed by atoms with Crippen molar-refractivity contribution in [2.75, 3.05) is 31.5 Å². The molecule has 0 bridgehead atoms. The number of urea groups is 1. The van der Waals surface area contributed by atoms with Crippen LogP contribution in [0.2, 0.25) is 0 Å². The Balaban J connectivity index is 0.00000225. The molecule has 30 heavy (non-hydrogen) atoms. The summed E-state index contributed by atoms with van der Waals surface area (Å²) < 4.78 is 47.1. The maximum Gasteiger partial charge on any atom is 0.573 e. The number of pyridine rings is 1. The van der Waals surface area contributed by atoms with Gasteiger partial charge in [0.25, 0.3) is 0 Å². The molecule has 1 aromatic carbocycles. The molecule has 2 amide bonds. The van der Waals surface area contributed by atoms with Crippen LogP contribution < -0.4 is 20.1 Å². The van der Waals surface area contributed by atoms with Gasteiger partial charge in [-0.15, -0.1) is 38.0 Å². The monoisotopic (exact) mass is 468 g/mol. The van der Waals surface area contributed by atoms with E-state index in [1.165, 1.54) is 18.3 Å². The summed E-state index contributed by atoms with van der Waals surface area (Å²) in [5.74, 6) is 0.0569. The number of carbonyl (C=O) groups excluding carboxylic acids is 1. The molecule has 0 spiro atoms. The third-order valence-corrected chi connectivity index (χ3v) is 3.98. The van der Waals surface area contributed by atoms with Gasteiger partial charge in [-0.05, 0) is 30.3 Å². The molecule has 1 saturated heterocycles. The molecule has 0 radical (unpaired) electrons. The summed E-state index contributed by atoms with van der Waals surface area (Å²) in [6.07, 6.45) is -1.76. The largest absolute Gasteiger partial charge is 0.573 e. The quantitative estimate of drug-likeness (QED) is 0.696. The molecular formula is C18H21Cl2F3N4O3. The summed E-state index contributed by atoms with van der Waals surface area (Å²) in [6, 6.07) is 6.72. The molecule has 2 heterocycles. The van der Waals surface area contributed by atoms with Crippen LogP contribution in [0, 0.1) is 0 Å². The van der Waals surface area contributed by atoms with Crippen molar-refractivity contribution in [2.45, 2.75) is 13.0 Å². The highest BCUT2D eigenvalue weighted by Crippen LogP contribution is 2.28. The number of alkyl halides is 3. The average molecular weight is 469 g/mol. The number of halogens is 5. The molecule has 0 saturated carbocycles. The Morgan fingerprint density at radius 2 is 1.90 bits per heavy atom. The van der Waals surface area contributed by atoms with Gasteiger partial charge in [-0.25, -0.2) is 4.79 Å². The first-order valence-electron chi connectivity index (χ1n) is 8.59. The van der Waals surface area contributed by atoms with Gasteiger partial charge in [-0.1, -0.05) is 0 Å². The Labute approximate surface area is 183 Å². The summed E-state index contributed by atoms with van der Waals surface area (Å²) in [7, 11) is 0. The summed E-state index contributed by atoms with van der Waals surface area (Å²) in [5.41, 5.74) is 0.691. The van der Waals surface area contributed by atoms with Gasteiger partial charge in [0.15, 0.2) is 0 Å². The zero-order chi connectivity index (χ0) is 20.0. The summed E-state index contributed by atoms with van der Waals surface area (Å²) >= 11 is 0. The van der Waals surface area contributed by atoms with Gasteiger partial charge in [-0.2, -0.15) is 0 Å². The van der Waals surface area contributed by atoms with Gasteiger partial charge < -0.3 is 25.0 Å². The molecule has 1 aromatic heterocycles. The lowest BCUT2D eigenvalue weighted by Gasteiger charge is -2.28. The Hall–Kier alpha value is -2.43. The van der Waals surface area contributed by atoms with Crippen LogP contribution in [0.1, 0.15) is 5.56 Å². The highest BCUT2D eigenvalue weighted by Gasteiger charge is 2.31. The Bertz CT molecular complexity index is 807. The number of nitrogens with zero attached hydrogens (tertiary/aromatic N) is 2. The normalized spacial score (nSPS) is 13.5. The second kappa shape index (κ2) is 11.7. The standard InChI is InChI=1S/C18H19F3N4O3.2ClH/c19-18(20,21)28-14-3-4-16(24-17(26)25-8-6-22-7-9-25)13(10-14)12-27-15-2-1-5-23-11-15;;/h1-5,10-11,22H,6-9,12H2,(H,24,26);2*1H. The number of aromatic nitrogens is 1. The number of anilines is 1. The molecule has 1 aliphatic rings. The van der Waals surface area contributed by atoms with Crippen molar-refractivity contribution in [1.82, 2.24) is 15.2 Å². The van der Waals surface area contributed by atoms with E-state index in [2.05, 4.69) is 20.4 Å². The van der Waals surface area contributed by atoms with Crippen LogP contribution in [0.3, 0.4) is 0 Å². The Morgan fingerprint density at radius 1 is 1.17 bits per heavy atom. The van der Waals surface area contributed by atoms with Crippen molar-refractivity contribution in [3.8, 4) is 11.5 Å². The molecule has 0 unspecified atom stereocenters. The van der Waals surface area contributed by atoms with E-state index in [0.717, 1.165) is 6.07 Å². The van der Waals surface area contributed by atoms with Gasteiger partial charge in [-0.3, -0.25) is 4.98 Å². The average Bonchev–Trinajstić information content (AvgIpc) is 2.68. The number of rotatable bonds is 5. The van der Waals surface area contributed by atoms with E-state index in [1.807, 2.05) is 0 Å². The van der Waals surface area contributed by atoms with Crippen LogP contribution >= 0.6 is 24.8 Å². The lowest BCUT2D eigenvalue weighted by Crippen LogP contribution is -2.48. The lowest BCUT2D eigenvalue weighted by atomic mass is 10.1. The van der Waals surface area contributed by atoms with Crippen molar-refractivity contribution in [2.24, 2.45) is 0 Å². The maximum absolute atomic E-state index is 12.5. The van der Waals surface area contributed by atoms with E-state index in [4.69, 9.17) is 4.74 Å². The first-order valence-corrected chi connectivity index (χ1v) is 8.59. The summed E-state index contributed by atoms with van der Waals surface area (Å²) in [6.45, 7) is 2.38. The first kappa shape index (κ1) is 25.6. The molecule has 0 atom stereocenters. The van der Waals surface area contributed by atoms with E-state index in [-0.39, 0.29) is 37.5 Å². The predicted octanol–water partition coefficient (Wildman–Crippen LogP) is 3.84. The lowest BCUT2D eigenvalue weighted by molar-refractivity contribution is -0.274. The number of carbonyl (C=O) groups is 1. The van der Waals surface area contributed by atoms with E-state index < -0.39 is 12.1 Å². The van der Waals surface area contributed by atoms with Gasteiger partial charge in [0.2, 0.25) is 0 Å². The maximum atomic E-state index is 12.5. The predicted molar refractivity (Wildman–Crippen MR) is 110 cm³/mol. The third kappa shape index (κ3) is 7.77. The van der Waals surface area contributed by atoms with Gasteiger partial charge in [0.1, 0.15) is 18.1 Å². The Morgan fingerprint density at radius 3 is 2.53 bits per heavy atom. The number of nitrogens with one attached hydrogen (secondary N) is 2. The summed E-state index contributed by atoms with van der Waals surface area (Å²) in [5, 5.41) is 5.88. The van der Waals surface area contributed by atoms with Crippen molar-refractivity contribution < 1.29 is 27.4 Å². The smallest absolute Gasteiger partial charge is 0.487 e. The van der Waals surface area contributed by atoms with Crippen LogP contribution in [-0.2, 0) is 6.61 Å². The highest BCUT2D eigenvalue weighted by atomic mass is 35.5. The first-order chi connectivity index (χ1) is 13.4. The molecule has 166 valence electrons. The van der Waals surface area contributed by atoms with E-state index in [1.54, 1.807) is 23.2 Å². The van der Waals surface area contributed by atoms with E-state index in [0.29, 0.717) is 43.2 Å². The zero-order valence-electron chi connectivity index (χ0n) is 15.6. The number of benzene rings is 1. The molecule has 7 nitrogen and oxygen atoms in total. The number of hydrogen-bond acceptors (Lipinski definition) is 5. The van der Waals surface area contributed by atoms with Crippen LogP contribution in [0.25, 0.3) is 0 Å². The fraction of sp³-hybridized carbons (Fsp3) is 0.333. The molecular weight excluding hydrogens is 448 g/mol. The zero-order valence-corrected chi connectivity index (χ0v) is 17.3. The van der Waals surface area contributed by atoms with E-state index >= 15 is 0 Å². The number of amides is 2. The fourth-order valence-corrected chi connectivity index (χ4v) is 2.66. The molecule has 1 fully saturated rings. The minimum atomic E-state index is -4.81. The van der Waals surface area contributed by atoms with E-state index in [9.17, 15) is 18.0 Å². The molecule has 1 aliphatic heterocycles.